The first-order valence-electron chi connectivity index (χ1n) is 10.6. The van der Waals surface area contributed by atoms with Gasteiger partial charge >= 0.3 is 5.97 Å². The van der Waals surface area contributed by atoms with E-state index < -0.39 is 20.7 Å². The van der Waals surface area contributed by atoms with Crippen LogP contribution < -0.4 is 9.47 Å². The highest BCUT2D eigenvalue weighted by Crippen LogP contribution is 2.34. The third kappa shape index (κ3) is 6.08. The number of carbonyl (C=O) groups is 1. The molecule has 0 fully saturated rings. The van der Waals surface area contributed by atoms with Crippen LogP contribution in [-0.4, -0.2) is 19.3 Å². The van der Waals surface area contributed by atoms with Crippen LogP contribution in [0.4, 0.5) is 5.69 Å². The average Bonchev–Trinajstić information content (AvgIpc) is 2.89. The Kier molecular flexibility index (Phi) is 7.77. The van der Waals surface area contributed by atoms with Crippen LogP contribution in [0, 0.1) is 10.1 Å². The number of sulfone groups is 1. The van der Waals surface area contributed by atoms with Gasteiger partial charge in [0.05, 0.1) is 30.3 Å². The average molecular weight is 558 g/mol. The summed E-state index contributed by atoms with van der Waals surface area (Å²) < 4.78 is 37.2. The van der Waals surface area contributed by atoms with Gasteiger partial charge in [-0.15, -0.1) is 0 Å². The number of rotatable bonds is 8. The zero-order chi connectivity index (χ0) is 26.6. The van der Waals surface area contributed by atoms with Gasteiger partial charge in [0.1, 0.15) is 18.1 Å². The summed E-state index contributed by atoms with van der Waals surface area (Å²) in [6.45, 7) is 0.266. The number of hydrogen-bond acceptors (Lipinski definition) is 7. The summed E-state index contributed by atoms with van der Waals surface area (Å²) in [7, 11) is -4.01. The topological polar surface area (TPSA) is 113 Å². The molecule has 8 nitrogen and oxygen atoms in total. The molecular weight excluding hydrogens is 541 g/mol. The Morgan fingerprint density at radius 3 is 1.92 bits per heavy atom. The van der Waals surface area contributed by atoms with E-state index in [0.717, 1.165) is 23.8 Å². The van der Waals surface area contributed by atoms with Crippen LogP contribution in [0.25, 0.3) is 0 Å². The van der Waals surface area contributed by atoms with E-state index in [1.54, 1.807) is 0 Å². The van der Waals surface area contributed by atoms with Gasteiger partial charge in [0.25, 0.3) is 5.69 Å². The number of nitrogens with zero attached hydrogens (tertiary/aromatic N) is 1. The minimum absolute atomic E-state index is 0.0579. The Morgan fingerprint density at radius 2 is 1.38 bits per heavy atom. The first-order valence-corrected chi connectivity index (χ1v) is 12.9. The monoisotopic (exact) mass is 557 g/mol. The van der Waals surface area contributed by atoms with Crippen LogP contribution in [0.2, 0.25) is 10.0 Å². The highest BCUT2D eigenvalue weighted by atomic mass is 35.5. The van der Waals surface area contributed by atoms with Crippen molar-refractivity contribution in [3.05, 3.63) is 122 Å². The summed E-state index contributed by atoms with van der Waals surface area (Å²) in [4.78, 5) is 22.3. The maximum atomic E-state index is 13.1. The number of nitro groups is 1. The smallest absolute Gasteiger partial charge is 0.343 e. The summed E-state index contributed by atoms with van der Waals surface area (Å²) in [5, 5.41) is 10.8. The second-order valence-electron chi connectivity index (χ2n) is 7.66. The normalized spacial score (nSPS) is 11.1. The van der Waals surface area contributed by atoms with Gasteiger partial charge in [-0.1, -0.05) is 53.5 Å². The van der Waals surface area contributed by atoms with Crippen molar-refractivity contribution in [2.75, 3.05) is 0 Å². The summed E-state index contributed by atoms with van der Waals surface area (Å²) in [6.07, 6.45) is 0. The molecule has 4 rings (SSSR count). The van der Waals surface area contributed by atoms with Crippen LogP contribution in [0.5, 0.6) is 11.5 Å². The van der Waals surface area contributed by atoms with E-state index >= 15 is 0 Å². The van der Waals surface area contributed by atoms with E-state index in [0.29, 0.717) is 5.75 Å². The lowest BCUT2D eigenvalue weighted by molar-refractivity contribution is -0.384. The number of non-ortho nitro benzene ring substituents is 1. The van der Waals surface area contributed by atoms with E-state index in [9.17, 15) is 23.3 Å². The van der Waals surface area contributed by atoms with Crippen molar-refractivity contribution >= 4 is 44.7 Å². The Labute approximate surface area is 222 Å². The molecule has 0 saturated carbocycles. The van der Waals surface area contributed by atoms with Gasteiger partial charge in [0.2, 0.25) is 9.84 Å². The predicted molar refractivity (Wildman–Crippen MR) is 137 cm³/mol. The van der Waals surface area contributed by atoms with Crippen LogP contribution in [0.3, 0.4) is 0 Å². The molecule has 0 aliphatic heterocycles. The fraction of sp³-hybridized carbons (Fsp3) is 0.0385. The standard InChI is InChI=1S/C26H17Cl2NO7S/c27-22-14-20(10-12-24(22)35-16-17-4-2-1-3-5-17)37(33,34)21-11-13-25(23(28)15-21)36-26(30)18-6-8-19(9-7-18)29(31)32/h1-15H,16H2. The van der Waals surface area contributed by atoms with Gasteiger partial charge < -0.3 is 9.47 Å². The first kappa shape index (κ1) is 26.2. The van der Waals surface area contributed by atoms with Crippen molar-refractivity contribution in [2.45, 2.75) is 16.4 Å². The Balaban J connectivity index is 1.49. The van der Waals surface area contributed by atoms with Crippen LogP contribution >= 0.6 is 23.2 Å². The molecule has 0 atom stereocenters. The number of benzene rings is 4. The maximum absolute atomic E-state index is 13.1. The summed E-state index contributed by atoms with van der Waals surface area (Å²) in [5.41, 5.74) is 0.807. The number of hydrogen-bond donors (Lipinski definition) is 0. The van der Waals surface area contributed by atoms with Gasteiger partial charge in [-0.25, -0.2) is 13.2 Å². The van der Waals surface area contributed by atoms with Crippen molar-refractivity contribution in [2.24, 2.45) is 0 Å². The lowest BCUT2D eigenvalue weighted by Crippen LogP contribution is -2.09. The lowest BCUT2D eigenvalue weighted by Gasteiger charge is -2.11. The molecular formula is C26H17Cl2NO7S. The molecule has 188 valence electrons. The van der Waals surface area contributed by atoms with Crippen LogP contribution in [0.1, 0.15) is 15.9 Å². The van der Waals surface area contributed by atoms with Crippen molar-refractivity contribution in [3.63, 3.8) is 0 Å². The van der Waals surface area contributed by atoms with E-state index in [4.69, 9.17) is 32.7 Å². The number of nitro benzene ring substituents is 1. The fourth-order valence-corrected chi connectivity index (χ4v) is 5.14. The van der Waals surface area contributed by atoms with Crippen LogP contribution in [-0.2, 0) is 16.4 Å². The largest absolute Gasteiger partial charge is 0.487 e. The summed E-state index contributed by atoms with van der Waals surface area (Å²) in [6, 6.07) is 22.0. The highest BCUT2D eigenvalue weighted by molar-refractivity contribution is 7.91. The third-order valence-corrected chi connectivity index (χ3v) is 7.52. The van der Waals surface area contributed by atoms with Crippen molar-refractivity contribution in [1.29, 1.82) is 0 Å². The molecule has 0 spiro atoms. The Hall–Kier alpha value is -3.92. The Bertz CT molecular complexity index is 1570. The molecule has 4 aromatic carbocycles. The third-order valence-electron chi connectivity index (χ3n) is 5.18. The molecule has 0 aliphatic rings. The maximum Gasteiger partial charge on any atom is 0.343 e. The van der Waals surface area contributed by atoms with Gasteiger partial charge in [-0.2, -0.15) is 0 Å². The number of ether oxygens (including phenoxy) is 2. The zero-order valence-corrected chi connectivity index (χ0v) is 21.2. The first-order chi connectivity index (χ1) is 17.6. The number of esters is 1. The molecule has 11 heteroatoms. The second kappa shape index (κ2) is 11.0. The van der Waals surface area contributed by atoms with E-state index in [-0.39, 0.29) is 43.4 Å². The second-order valence-corrected chi connectivity index (χ2v) is 10.4. The van der Waals surface area contributed by atoms with Gasteiger partial charge in [-0.05, 0) is 54.1 Å². The molecule has 0 saturated heterocycles. The van der Waals surface area contributed by atoms with Crippen molar-refractivity contribution in [3.8, 4) is 11.5 Å². The lowest BCUT2D eigenvalue weighted by atomic mass is 10.2. The summed E-state index contributed by atoms with van der Waals surface area (Å²) in [5.74, 6) is -0.562. The summed E-state index contributed by atoms with van der Waals surface area (Å²) >= 11 is 12.5. The molecule has 0 aliphatic carbocycles. The van der Waals surface area contributed by atoms with Gasteiger partial charge in [-0.3, -0.25) is 10.1 Å². The van der Waals surface area contributed by atoms with Crippen LogP contribution in [0.15, 0.2) is 101 Å². The molecule has 0 N–H and O–H groups in total. The Morgan fingerprint density at radius 1 is 0.811 bits per heavy atom. The molecule has 0 bridgehead atoms. The quantitative estimate of drug-likeness (QED) is 0.105. The van der Waals surface area contributed by atoms with Crippen molar-refractivity contribution in [1.82, 2.24) is 0 Å². The van der Waals surface area contributed by atoms with Gasteiger partial charge in [0, 0.05) is 12.1 Å². The van der Waals surface area contributed by atoms with E-state index in [2.05, 4.69) is 0 Å². The molecule has 0 aromatic heterocycles. The molecule has 0 heterocycles. The molecule has 0 amide bonds. The minimum atomic E-state index is -4.01. The van der Waals surface area contributed by atoms with Gasteiger partial charge in [0.15, 0.2) is 0 Å². The molecule has 0 radical (unpaired) electrons. The number of carbonyl (C=O) groups excluding carboxylic acids is 1. The minimum Gasteiger partial charge on any atom is -0.487 e. The molecule has 4 aromatic rings. The zero-order valence-electron chi connectivity index (χ0n) is 18.8. The molecule has 37 heavy (non-hydrogen) atoms. The predicted octanol–water partition coefficient (Wildman–Crippen LogP) is 6.53. The molecule has 0 unspecified atom stereocenters. The highest BCUT2D eigenvalue weighted by Gasteiger charge is 2.22. The number of halogens is 2. The van der Waals surface area contributed by atoms with Crippen molar-refractivity contribution < 1.29 is 27.6 Å². The fourth-order valence-electron chi connectivity index (χ4n) is 3.25. The SMILES string of the molecule is O=C(Oc1ccc(S(=O)(=O)c2ccc(OCc3ccccc3)c(Cl)c2)cc1Cl)c1ccc([N+](=O)[O-])cc1. The van der Waals surface area contributed by atoms with E-state index in [1.165, 1.54) is 42.5 Å². The van der Waals surface area contributed by atoms with E-state index in [1.807, 2.05) is 30.3 Å².